The number of aryl methyl sites for hydroxylation is 1. The number of fused-ring (bicyclic) bond motifs is 1. The molecule has 1 aromatic heterocycles. The average Bonchev–Trinajstić information content (AvgIpc) is 2.65. The summed E-state index contributed by atoms with van der Waals surface area (Å²) in [5.74, 6) is -4.31. The van der Waals surface area contributed by atoms with Gasteiger partial charge in [-0.15, -0.1) is 0 Å². The van der Waals surface area contributed by atoms with E-state index < -0.39 is 35.0 Å². The van der Waals surface area contributed by atoms with Crippen molar-refractivity contribution in [1.82, 2.24) is 0 Å². The standard InChI is InChI=1S/C20H15F2NO5/c1-10-3-6-17-13(7-10)16(24)9-18(28-17)20(26)27-11(2)19(25)23-12-4-5-14(21)15(22)8-12/h3-9,11H,1-2H3,(H,23,25)/t11-/m0/s1. The van der Waals surface area contributed by atoms with Gasteiger partial charge in [0.15, 0.2) is 23.2 Å². The number of hydrogen-bond acceptors (Lipinski definition) is 5. The molecule has 0 bridgehead atoms. The lowest BCUT2D eigenvalue weighted by Crippen LogP contribution is -2.30. The normalized spacial score (nSPS) is 11.9. The van der Waals surface area contributed by atoms with E-state index >= 15 is 0 Å². The Labute approximate surface area is 157 Å². The second-order valence-electron chi connectivity index (χ2n) is 6.14. The van der Waals surface area contributed by atoms with Crippen LogP contribution >= 0.6 is 0 Å². The van der Waals surface area contributed by atoms with E-state index in [-0.39, 0.29) is 17.0 Å². The van der Waals surface area contributed by atoms with Gasteiger partial charge in [-0.05, 0) is 38.1 Å². The van der Waals surface area contributed by atoms with Crippen molar-refractivity contribution in [3.8, 4) is 0 Å². The molecule has 0 aliphatic carbocycles. The Bertz CT molecular complexity index is 1140. The number of benzene rings is 2. The Morgan fingerprint density at radius 3 is 2.54 bits per heavy atom. The zero-order valence-electron chi connectivity index (χ0n) is 14.9. The molecule has 6 nitrogen and oxygen atoms in total. The van der Waals surface area contributed by atoms with Gasteiger partial charge in [-0.25, -0.2) is 13.6 Å². The molecule has 0 aliphatic rings. The Morgan fingerprint density at radius 2 is 1.82 bits per heavy atom. The smallest absolute Gasteiger partial charge is 0.375 e. The van der Waals surface area contributed by atoms with Gasteiger partial charge in [0.25, 0.3) is 5.91 Å². The molecule has 8 heteroatoms. The molecule has 144 valence electrons. The number of carbonyl (C=O) groups is 2. The van der Waals surface area contributed by atoms with Crippen molar-refractivity contribution >= 4 is 28.5 Å². The van der Waals surface area contributed by atoms with Gasteiger partial charge in [0.1, 0.15) is 5.58 Å². The van der Waals surface area contributed by atoms with Gasteiger partial charge in [0.2, 0.25) is 5.76 Å². The Kier molecular flexibility index (Phi) is 5.21. The number of halogens is 2. The lowest BCUT2D eigenvalue weighted by Gasteiger charge is -2.13. The third-order valence-corrected chi connectivity index (χ3v) is 3.92. The molecular weight excluding hydrogens is 372 g/mol. The Hall–Kier alpha value is -3.55. The summed E-state index contributed by atoms with van der Waals surface area (Å²) in [5.41, 5.74) is 0.650. The number of amides is 1. The number of anilines is 1. The van der Waals surface area contributed by atoms with Crippen LogP contribution < -0.4 is 10.7 Å². The van der Waals surface area contributed by atoms with Crippen LogP contribution in [0.4, 0.5) is 14.5 Å². The summed E-state index contributed by atoms with van der Waals surface area (Å²) in [5, 5.41) is 2.62. The van der Waals surface area contributed by atoms with Crippen molar-refractivity contribution in [2.75, 3.05) is 5.32 Å². The van der Waals surface area contributed by atoms with Crippen LogP contribution in [0.3, 0.4) is 0 Å². The van der Waals surface area contributed by atoms with E-state index in [1.807, 2.05) is 6.92 Å². The molecule has 0 radical (unpaired) electrons. The minimum Gasteiger partial charge on any atom is -0.449 e. The van der Waals surface area contributed by atoms with Crippen LogP contribution in [0, 0.1) is 18.6 Å². The van der Waals surface area contributed by atoms with Gasteiger partial charge < -0.3 is 14.5 Å². The van der Waals surface area contributed by atoms with Crippen molar-refractivity contribution in [3.05, 3.63) is 75.6 Å². The first kappa shape index (κ1) is 19.2. The van der Waals surface area contributed by atoms with E-state index in [0.29, 0.717) is 5.39 Å². The van der Waals surface area contributed by atoms with E-state index in [1.165, 1.54) is 6.92 Å². The molecule has 1 atom stereocenters. The maximum atomic E-state index is 13.2. The first-order valence-corrected chi connectivity index (χ1v) is 8.26. The monoisotopic (exact) mass is 387 g/mol. The fourth-order valence-corrected chi connectivity index (χ4v) is 2.46. The van der Waals surface area contributed by atoms with Crippen molar-refractivity contribution in [3.63, 3.8) is 0 Å². The van der Waals surface area contributed by atoms with E-state index in [4.69, 9.17) is 9.15 Å². The first-order chi connectivity index (χ1) is 13.2. The Morgan fingerprint density at radius 1 is 1.07 bits per heavy atom. The quantitative estimate of drug-likeness (QED) is 0.692. The highest BCUT2D eigenvalue weighted by molar-refractivity contribution is 5.97. The summed E-state index contributed by atoms with van der Waals surface area (Å²) in [6.07, 6.45) is -1.28. The lowest BCUT2D eigenvalue weighted by molar-refractivity contribution is -0.123. The number of hydrogen-bond donors (Lipinski definition) is 1. The second-order valence-corrected chi connectivity index (χ2v) is 6.14. The summed E-state index contributed by atoms with van der Waals surface area (Å²) in [7, 11) is 0. The van der Waals surface area contributed by atoms with Crippen LogP contribution in [0.15, 0.2) is 51.7 Å². The maximum absolute atomic E-state index is 13.2. The highest BCUT2D eigenvalue weighted by atomic mass is 19.2. The SMILES string of the molecule is Cc1ccc2oc(C(=O)O[C@@H](C)C(=O)Nc3ccc(F)c(F)c3)cc(=O)c2c1. The van der Waals surface area contributed by atoms with Gasteiger partial charge in [0.05, 0.1) is 5.39 Å². The van der Waals surface area contributed by atoms with Crippen LogP contribution in [0.25, 0.3) is 11.0 Å². The van der Waals surface area contributed by atoms with Crippen molar-refractivity contribution in [1.29, 1.82) is 0 Å². The van der Waals surface area contributed by atoms with Crippen LogP contribution in [0.1, 0.15) is 23.0 Å². The first-order valence-electron chi connectivity index (χ1n) is 8.26. The number of ether oxygens (including phenoxy) is 1. The number of rotatable bonds is 4. The highest BCUT2D eigenvalue weighted by Crippen LogP contribution is 2.16. The predicted octanol–water partition coefficient (Wildman–Crippen LogP) is 3.56. The summed E-state index contributed by atoms with van der Waals surface area (Å²) >= 11 is 0. The molecule has 0 spiro atoms. The van der Waals surface area contributed by atoms with Crippen LogP contribution in [-0.2, 0) is 9.53 Å². The molecule has 1 amide bonds. The lowest BCUT2D eigenvalue weighted by atomic mass is 10.1. The molecular formula is C20H15F2NO5. The molecule has 1 N–H and O–H groups in total. The molecule has 3 aromatic rings. The predicted molar refractivity (Wildman–Crippen MR) is 97.1 cm³/mol. The van der Waals surface area contributed by atoms with Crippen molar-refractivity contribution in [2.45, 2.75) is 20.0 Å². The van der Waals surface area contributed by atoms with Gasteiger partial charge >= 0.3 is 5.97 Å². The molecule has 0 unspecified atom stereocenters. The molecule has 1 heterocycles. The summed E-state index contributed by atoms with van der Waals surface area (Å²) in [6.45, 7) is 3.10. The molecule has 0 aliphatic heterocycles. The van der Waals surface area contributed by atoms with Gasteiger partial charge in [0, 0.05) is 17.8 Å². The zero-order chi connectivity index (χ0) is 20.4. The van der Waals surface area contributed by atoms with Gasteiger partial charge in [-0.1, -0.05) is 11.6 Å². The molecule has 0 saturated heterocycles. The molecule has 3 rings (SSSR count). The minimum absolute atomic E-state index is 0.000550. The van der Waals surface area contributed by atoms with Gasteiger partial charge in [-0.3, -0.25) is 9.59 Å². The topological polar surface area (TPSA) is 85.6 Å². The van der Waals surface area contributed by atoms with Gasteiger partial charge in [-0.2, -0.15) is 0 Å². The third-order valence-electron chi connectivity index (χ3n) is 3.92. The fraction of sp³-hybridized carbons (Fsp3) is 0.150. The summed E-state index contributed by atoms with van der Waals surface area (Å²) < 4.78 is 36.5. The van der Waals surface area contributed by atoms with E-state index in [2.05, 4.69) is 5.32 Å². The fourth-order valence-electron chi connectivity index (χ4n) is 2.46. The van der Waals surface area contributed by atoms with E-state index in [0.717, 1.165) is 29.8 Å². The highest BCUT2D eigenvalue weighted by Gasteiger charge is 2.22. The zero-order valence-corrected chi connectivity index (χ0v) is 14.9. The van der Waals surface area contributed by atoms with Crippen LogP contribution in [0.2, 0.25) is 0 Å². The third kappa shape index (κ3) is 4.06. The summed E-state index contributed by atoms with van der Waals surface area (Å²) in [4.78, 5) is 36.5. The van der Waals surface area contributed by atoms with E-state index in [9.17, 15) is 23.2 Å². The molecule has 0 saturated carbocycles. The van der Waals surface area contributed by atoms with E-state index in [1.54, 1.807) is 18.2 Å². The van der Waals surface area contributed by atoms with Crippen LogP contribution in [0.5, 0.6) is 0 Å². The average molecular weight is 387 g/mol. The largest absolute Gasteiger partial charge is 0.449 e. The molecule has 0 fully saturated rings. The summed E-state index contributed by atoms with van der Waals surface area (Å²) in [6, 6.07) is 8.72. The maximum Gasteiger partial charge on any atom is 0.375 e. The number of nitrogens with one attached hydrogen (secondary N) is 1. The molecule has 28 heavy (non-hydrogen) atoms. The van der Waals surface area contributed by atoms with Crippen LogP contribution in [-0.4, -0.2) is 18.0 Å². The minimum atomic E-state index is -1.28. The number of carbonyl (C=O) groups excluding carboxylic acids is 2. The Balaban J connectivity index is 1.73. The van der Waals surface area contributed by atoms with Crippen molar-refractivity contribution in [2.24, 2.45) is 0 Å². The van der Waals surface area contributed by atoms with Crippen molar-refractivity contribution < 1.29 is 27.5 Å². The molecule has 2 aromatic carbocycles. The number of esters is 1. The second kappa shape index (κ2) is 7.59.